The maximum absolute atomic E-state index is 6.47. The maximum atomic E-state index is 6.47. The lowest BCUT2D eigenvalue weighted by molar-refractivity contribution is -0.0679. The van der Waals surface area contributed by atoms with Crippen LogP contribution in [0.2, 0.25) is 0 Å². The zero-order valence-electron chi connectivity index (χ0n) is 14.9. The second kappa shape index (κ2) is 7.25. The third kappa shape index (κ3) is 4.50. The Balaban J connectivity index is 1.65. The molecule has 0 amide bonds. The average molecular weight is 316 g/mol. The fourth-order valence-electron chi connectivity index (χ4n) is 4.09. The molecule has 0 atom stereocenters. The van der Waals surface area contributed by atoms with E-state index in [1.165, 1.54) is 69.8 Å². The first-order chi connectivity index (χ1) is 11.1. The van der Waals surface area contributed by atoms with E-state index >= 15 is 0 Å². The second-order valence-electron chi connectivity index (χ2n) is 8.02. The molecule has 1 aromatic carbocycles. The zero-order chi connectivity index (χ0) is 16.2. The van der Waals surface area contributed by atoms with Crippen LogP contribution in [0.3, 0.4) is 0 Å². The molecule has 23 heavy (non-hydrogen) atoms. The highest BCUT2D eigenvalue weighted by Gasteiger charge is 2.30. The first kappa shape index (κ1) is 16.8. The van der Waals surface area contributed by atoms with E-state index in [9.17, 15) is 0 Å². The predicted molar refractivity (Wildman–Crippen MR) is 94.8 cm³/mol. The maximum Gasteiger partial charge on any atom is 0.125 e. The van der Waals surface area contributed by atoms with E-state index in [2.05, 4.69) is 38.1 Å². The van der Waals surface area contributed by atoms with Gasteiger partial charge in [0.2, 0.25) is 0 Å². The summed E-state index contributed by atoms with van der Waals surface area (Å²) in [6.45, 7) is 5.22. The number of para-hydroxylation sites is 1. The molecule has 2 aliphatic carbocycles. The van der Waals surface area contributed by atoms with Crippen LogP contribution in [-0.2, 0) is 11.3 Å². The van der Waals surface area contributed by atoms with Gasteiger partial charge in [0.05, 0.1) is 12.2 Å². The van der Waals surface area contributed by atoms with Gasteiger partial charge in [0.1, 0.15) is 11.4 Å². The minimum atomic E-state index is 0.00307. The second-order valence-corrected chi connectivity index (χ2v) is 8.02. The standard InChI is InChI=1S/C21H32O2/c1-20(13-7-3-8-14-20)22-17-18-11-5-6-12-19(18)23-21(2)15-9-4-10-16-21/h5-6,11-12H,3-4,7-10,13-17H2,1-2H3. The van der Waals surface area contributed by atoms with Crippen molar-refractivity contribution < 1.29 is 9.47 Å². The number of ether oxygens (including phenoxy) is 2. The van der Waals surface area contributed by atoms with Gasteiger partial charge >= 0.3 is 0 Å². The van der Waals surface area contributed by atoms with Gasteiger partial charge in [0.25, 0.3) is 0 Å². The largest absolute Gasteiger partial charge is 0.487 e. The summed E-state index contributed by atoms with van der Waals surface area (Å²) in [5, 5.41) is 0. The van der Waals surface area contributed by atoms with Crippen LogP contribution in [0.4, 0.5) is 0 Å². The summed E-state index contributed by atoms with van der Waals surface area (Å²) in [7, 11) is 0. The molecule has 2 fully saturated rings. The molecule has 0 radical (unpaired) electrons. The monoisotopic (exact) mass is 316 g/mol. The van der Waals surface area contributed by atoms with Crippen LogP contribution < -0.4 is 4.74 Å². The molecule has 1 aromatic rings. The highest BCUT2D eigenvalue weighted by molar-refractivity contribution is 5.33. The van der Waals surface area contributed by atoms with Gasteiger partial charge in [-0.05, 0) is 58.4 Å². The highest BCUT2D eigenvalue weighted by atomic mass is 16.5. The van der Waals surface area contributed by atoms with E-state index in [0.29, 0.717) is 6.61 Å². The topological polar surface area (TPSA) is 18.5 Å². The van der Waals surface area contributed by atoms with Crippen molar-refractivity contribution in [3.8, 4) is 5.75 Å². The van der Waals surface area contributed by atoms with Crippen LogP contribution in [0.15, 0.2) is 24.3 Å². The van der Waals surface area contributed by atoms with Gasteiger partial charge in [0, 0.05) is 5.56 Å². The Bertz CT molecular complexity index is 496. The molecule has 0 saturated heterocycles. The van der Waals surface area contributed by atoms with Crippen LogP contribution in [0.5, 0.6) is 5.75 Å². The summed E-state index contributed by atoms with van der Waals surface area (Å²) in [6.07, 6.45) is 12.6. The number of hydrogen-bond donors (Lipinski definition) is 0. The minimum Gasteiger partial charge on any atom is -0.487 e. The molecular formula is C21H32O2. The van der Waals surface area contributed by atoms with Crippen LogP contribution in [0, 0.1) is 0 Å². The molecule has 0 spiro atoms. The molecule has 128 valence electrons. The molecule has 0 aromatic heterocycles. The smallest absolute Gasteiger partial charge is 0.125 e. The van der Waals surface area contributed by atoms with Crippen LogP contribution in [-0.4, -0.2) is 11.2 Å². The van der Waals surface area contributed by atoms with Crippen molar-refractivity contribution in [2.45, 2.75) is 95.9 Å². The Morgan fingerprint density at radius 2 is 1.35 bits per heavy atom. The summed E-state index contributed by atoms with van der Waals surface area (Å²) >= 11 is 0. The van der Waals surface area contributed by atoms with Gasteiger partial charge in [-0.2, -0.15) is 0 Å². The third-order valence-corrected chi connectivity index (χ3v) is 5.73. The molecule has 0 bridgehead atoms. The molecular weight excluding hydrogens is 284 g/mol. The molecule has 0 N–H and O–H groups in total. The van der Waals surface area contributed by atoms with Crippen molar-refractivity contribution in [1.29, 1.82) is 0 Å². The Labute approximate surface area is 141 Å². The summed E-state index contributed by atoms with van der Waals surface area (Å²) < 4.78 is 12.8. The van der Waals surface area contributed by atoms with Gasteiger partial charge < -0.3 is 9.47 Å². The molecule has 2 aliphatic rings. The van der Waals surface area contributed by atoms with Gasteiger partial charge in [-0.1, -0.05) is 43.9 Å². The predicted octanol–water partition coefficient (Wildman–Crippen LogP) is 6.03. The molecule has 2 heteroatoms. The summed E-state index contributed by atoms with van der Waals surface area (Å²) in [6, 6.07) is 8.45. The van der Waals surface area contributed by atoms with E-state index in [-0.39, 0.29) is 11.2 Å². The lowest BCUT2D eigenvalue weighted by atomic mass is 9.86. The van der Waals surface area contributed by atoms with Crippen LogP contribution in [0.1, 0.15) is 83.6 Å². The van der Waals surface area contributed by atoms with Crippen molar-refractivity contribution in [3.05, 3.63) is 29.8 Å². The molecule has 2 nitrogen and oxygen atoms in total. The molecule has 3 rings (SSSR count). The quantitative estimate of drug-likeness (QED) is 0.660. The van der Waals surface area contributed by atoms with E-state index in [1.807, 2.05) is 0 Å². The Hall–Kier alpha value is -1.02. The number of benzene rings is 1. The summed E-state index contributed by atoms with van der Waals surface area (Å²) in [5.74, 6) is 1.02. The molecule has 0 unspecified atom stereocenters. The summed E-state index contributed by atoms with van der Waals surface area (Å²) in [5.41, 5.74) is 1.26. The molecule has 0 aliphatic heterocycles. The van der Waals surface area contributed by atoms with E-state index in [1.54, 1.807) is 0 Å². The molecule has 2 saturated carbocycles. The van der Waals surface area contributed by atoms with Gasteiger partial charge in [0.15, 0.2) is 0 Å². The minimum absolute atomic E-state index is 0.00307. The van der Waals surface area contributed by atoms with Gasteiger partial charge in [-0.25, -0.2) is 0 Å². The van der Waals surface area contributed by atoms with Crippen molar-refractivity contribution >= 4 is 0 Å². The normalized spacial score (nSPS) is 23.4. The van der Waals surface area contributed by atoms with Crippen molar-refractivity contribution in [3.63, 3.8) is 0 Å². The Morgan fingerprint density at radius 3 is 2.00 bits per heavy atom. The van der Waals surface area contributed by atoms with Gasteiger partial charge in [-0.15, -0.1) is 0 Å². The lowest BCUT2D eigenvalue weighted by Crippen LogP contribution is -2.35. The van der Waals surface area contributed by atoms with Crippen LogP contribution >= 0.6 is 0 Å². The Kier molecular flexibility index (Phi) is 5.31. The van der Waals surface area contributed by atoms with E-state index in [0.717, 1.165) is 5.75 Å². The number of rotatable bonds is 5. The van der Waals surface area contributed by atoms with Gasteiger partial charge in [-0.3, -0.25) is 0 Å². The van der Waals surface area contributed by atoms with E-state index < -0.39 is 0 Å². The zero-order valence-corrected chi connectivity index (χ0v) is 14.9. The molecule has 0 heterocycles. The first-order valence-corrected chi connectivity index (χ1v) is 9.50. The fraction of sp³-hybridized carbons (Fsp3) is 0.714. The fourth-order valence-corrected chi connectivity index (χ4v) is 4.09. The lowest BCUT2D eigenvalue weighted by Gasteiger charge is -2.36. The number of hydrogen-bond acceptors (Lipinski definition) is 2. The summed E-state index contributed by atoms with van der Waals surface area (Å²) in [4.78, 5) is 0. The third-order valence-electron chi connectivity index (χ3n) is 5.73. The van der Waals surface area contributed by atoms with Crippen molar-refractivity contribution in [2.75, 3.05) is 0 Å². The van der Waals surface area contributed by atoms with Crippen molar-refractivity contribution in [1.82, 2.24) is 0 Å². The van der Waals surface area contributed by atoms with Crippen molar-refractivity contribution in [2.24, 2.45) is 0 Å². The Morgan fingerprint density at radius 1 is 0.783 bits per heavy atom. The average Bonchev–Trinajstić information content (AvgIpc) is 2.55. The SMILES string of the molecule is CC1(OCc2ccccc2OC2(C)CCCCC2)CCCCC1. The van der Waals surface area contributed by atoms with E-state index in [4.69, 9.17) is 9.47 Å². The highest BCUT2D eigenvalue weighted by Crippen LogP contribution is 2.36. The first-order valence-electron chi connectivity index (χ1n) is 9.50. The van der Waals surface area contributed by atoms with Crippen LogP contribution in [0.25, 0.3) is 0 Å².